The maximum atomic E-state index is 12.3. The van der Waals surface area contributed by atoms with Gasteiger partial charge in [-0.15, -0.1) is 0 Å². The number of esters is 2. The number of rotatable bonds is 6. The zero-order valence-electron chi connectivity index (χ0n) is 25.9. The topological polar surface area (TPSA) is 52.6 Å². The quantitative estimate of drug-likeness (QED) is 0.219. The van der Waals surface area contributed by atoms with E-state index in [0.717, 1.165) is 17.5 Å². The van der Waals surface area contributed by atoms with E-state index in [-0.39, 0.29) is 17.9 Å². The Morgan fingerprint density at radius 1 is 0.721 bits per heavy atom. The van der Waals surface area contributed by atoms with Crippen molar-refractivity contribution in [1.29, 1.82) is 0 Å². The van der Waals surface area contributed by atoms with Gasteiger partial charge in [0.2, 0.25) is 0 Å². The van der Waals surface area contributed by atoms with E-state index < -0.39 is 16.6 Å². The summed E-state index contributed by atoms with van der Waals surface area (Å²) >= 11 is 0. The van der Waals surface area contributed by atoms with Crippen molar-refractivity contribution in [2.24, 2.45) is 5.92 Å². The van der Waals surface area contributed by atoms with Crippen molar-refractivity contribution in [1.82, 2.24) is 0 Å². The lowest BCUT2D eigenvalue weighted by molar-refractivity contribution is -0.149. The number of carbonyl (C=O) groups is 2. The normalized spacial score (nSPS) is 19.7. The Morgan fingerprint density at radius 2 is 1.21 bits per heavy atom. The Morgan fingerprint density at radius 3 is 1.70 bits per heavy atom. The van der Waals surface area contributed by atoms with Gasteiger partial charge in [0, 0.05) is 18.1 Å². The minimum absolute atomic E-state index is 0.223. The smallest absolute Gasteiger partial charge is 0.331 e. The van der Waals surface area contributed by atoms with Crippen LogP contribution in [0, 0.1) is 5.92 Å². The molecule has 3 aromatic rings. The number of ether oxygens (including phenoxy) is 2. The van der Waals surface area contributed by atoms with E-state index in [1.165, 1.54) is 40.0 Å². The fourth-order valence-electron chi connectivity index (χ4n) is 6.18. The van der Waals surface area contributed by atoms with E-state index in [1.54, 1.807) is 12.2 Å². The van der Waals surface area contributed by atoms with Crippen LogP contribution in [0.25, 0.3) is 17.7 Å². The third kappa shape index (κ3) is 6.49. The summed E-state index contributed by atoms with van der Waals surface area (Å²) in [7, 11) is 0. The second kappa shape index (κ2) is 11.7. The van der Waals surface area contributed by atoms with Gasteiger partial charge in [-0.05, 0) is 99.1 Å². The molecule has 2 atom stereocenters. The molecule has 0 radical (unpaired) electrons. The molecule has 2 aliphatic rings. The average molecular weight is 573 g/mol. The summed E-state index contributed by atoms with van der Waals surface area (Å²) in [6.45, 7) is 11.2. The molecular formula is C39H40O4. The predicted molar refractivity (Wildman–Crippen MR) is 174 cm³/mol. The van der Waals surface area contributed by atoms with Crippen LogP contribution in [0.15, 0.2) is 103 Å². The van der Waals surface area contributed by atoms with Crippen molar-refractivity contribution >= 4 is 29.7 Å². The fraction of sp³-hybridized carbons (Fsp3) is 0.282. The summed E-state index contributed by atoms with van der Waals surface area (Å²) in [6.07, 6.45) is 14.2. The largest absolute Gasteiger partial charge is 0.457 e. The van der Waals surface area contributed by atoms with Crippen LogP contribution in [0.2, 0.25) is 0 Å². The highest BCUT2D eigenvalue weighted by molar-refractivity contribution is 5.88. The molecule has 4 nitrogen and oxygen atoms in total. The lowest BCUT2D eigenvalue weighted by atomic mass is 9.63. The molecule has 0 N–H and O–H groups in total. The van der Waals surface area contributed by atoms with Gasteiger partial charge >= 0.3 is 11.9 Å². The Kier molecular flexibility index (Phi) is 8.16. The van der Waals surface area contributed by atoms with Crippen molar-refractivity contribution in [3.63, 3.8) is 0 Å². The van der Waals surface area contributed by atoms with E-state index in [2.05, 4.69) is 91.0 Å². The molecule has 2 aliphatic carbocycles. The predicted octanol–water partition coefficient (Wildman–Crippen LogP) is 8.70. The first-order valence-corrected chi connectivity index (χ1v) is 14.9. The molecule has 0 heterocycles. The Bertz CT molecular complexity index is 1540. The van der Waals surface area contributed by atoms with Gasteiger partial charge in [0.25, 0.3) is 0 Å². The molecule has 0 saturated carbocycles. The summed E-state index contributed by atoms with van der Waals surface area (Å²) < 4.78 is 10.9. The van der Waals surface area contributed by atoms with Gasteiger partial charge in [0.15, 0.2) is 0 Å². The molecule has 0 fully saturated rings. The minimum Gasteiger partial charge on any atom is -0.457 e. The fourth-order valence-corrected chi connectivity index (χ4v) is 6.18. The van der Waals surface area contributed by atoms with Crippen molar-refractivity contribution < 1.29 is 19.1 Å². The number of fused-ring (bicyclic) bond motifs is 3. The van der Waals surface area contributed by atoms with Crippen LogP contribution in [-0.2, 0) is 24.5 Å². The van der Waals surface area contributed by atoms with E-state index in [4.69, 9.17) is 9.47 Å². The zero-order chi connectivity index (χ0) is 30.8. The van der Waals surface area contributed by atoms with Crippen LogP contribution >= 0.6 is 0 Å². The van der Waals surface area contributed by atoms with Crippen LogP contribution in [0.3, 0.4) is 0 Å². The lowest BCUT2D eigenvalue weighted by Gasteiger charge is -2.39. The van der Waals surface area contributed by atoms with Gasteiger partial charge in [-0.3, -0.25) is 0 Å². The lowest BCUT2D eigenvalue weighted by Crippen LogP contribution is -2.34. The molecule has 0 aromatic heterocycles. The first-order valence-electron chi connectivity index (χ1n) is 14.9. The van der Waals surface area contributed by atoms with E-state index in [0.29, 0.717) is 0 Å². The van der Waals surface area contributed by atoms with Crippen LogP contribution in [0.1, 0.15) is 81.3 Å². The average Bonchev–Trinajstić information content (AvgIpc) is 3.25. The molecule has 0 aliphatic heterocycles. The second-order valence-corrected chi connectivity index (χ2v) is 13.2. The molecule has 5 rings (SSSR count). The van der Waals surface area contributed by atoms with Gasteiger partial charge in [-0.1, -0.05) is 91.0 Å². The van der Waals surface area contributed by atoms with Crippen molar-refractivity contribution in [2.45, 2.75) is 64.6 Å². The van der Waals surface area contributed by atoms with E-state index in [9.17, 15) is 9.59 Å². The maximum Gasteiger partial charge on any atom is 0.331 e. The number of benzene rings is 3. The number of allylic oxidation sites excluding steroid dienone is 4. The number of carbonyl (C=O) groups excluding carboxylic acids is 2. The van der Waals surface area contributed by atoms with E-state index >= 15 is 0 Å². The Labute approximate surface area is 255 Å². The van der Waals surface area contributed by atoms with Crippen molar-refractivity contribution in [3.05, 3.63) is 137 Å². The standard InChI is InChI=1S/C39H40O4/c1-37(2,3)42-35(40)25-19-27-15-21-29(22-16-27)39(33-13-9-7-11-31(33)32-12-8-10-14-34(32)39)30-23-17-28(18-24-30)20-26-36(41)43-38(4,5)6/h7-13,15-26,34H,14H2,1-6H3/b25-19-,26-20?. The zero-order valence-corrected chi connectivity index (χ0v) is 25.9. The van der Waals surface area contributed by atoms with Crippen molar-refractivity contribution in [2.75, 3.05) is 0 Å². The Hall–Kier alpha value is -4.44. The van der Waals surface area contributed by atoms with Crippen LogP contribution < -0.4 is 0 Å². The molecule has 3 aromatic carbocycles. The first-order chi connectivity index (χ1) is 20.4. The molecule has 2 unspecified atom stereocenters. The highest BCUT2D eigenvalue weighted by atomic mass is 16.6. The van der Waals surface area contributed by atoms with Crippen LogP contribution in [0.5, 0.6) is 0 Å². The van der Waals surface area contributed by atoms with Crippen LogP contribution in [0.4, 0.5) is 0 Å². The van der Waals surface area contributed by atoms with Gasteiger partial charge in [-0.25, -0.2) is 9.59 Å². The highest BCUT2D eigenvalue weighted by Crippen LogP contribution is 2.59. The van der Waals surface area contributed by atoms with Gasteiger partial charge in [-0.2, -0.15) is 0 Å². The molecule has 220 valence electrons. The van der Waals surface area contributed by atoms with Gasteiger partial charge in [0.1, 0.15) is 11.2 Å². The SMILES string of the molecule is CC(C)(C)OC(=O)C=Cc1ccc(C2(c3ccc(/C=C\C(=O)OC(C)(C)C)cc3)c3ccccc3C3=CC=CCC32)cc1. The summed E-state index contributed by atoms with van der Waals surface area (Å²) in [5.74, 6) is -0.495. The number of hydrogen-bond acceptors (Lipinski definition) is 4. The van der Waals surface area contributed by atoms with Gasteiger partial charge < -0.3 is 9.47 Å². The monoisotopic (exact) mass is 572 g/mol. The second-order valence-electron chi connectivity index (χ2n) is 13.2. The molecule has 0 amide bonds. The Balaban J connectivity index is 1.55. The number of hydrogen-bond donors (Lipinski definition) is 0. The summed E-state index contributed by atoms with van der Waals surface area (Å²) in [4.78, 5) is 24.5. The highest BCUT2D eigenvalue weighted by Gasteiger charge is 2.51. The third-order valence-corrected chi connectivity index (χ3v) is 7.71. The molecule has 0 bridgehead atoms. The third-order valence-electron chi connectivity index (χ3n) is 7.71. The minimum atomic E-state index is -0.533. The van der Waals surface area contributed by atoms with Crippen LogP contribution in [-0.4, -0.2) is 23.1 Å². The molecule has 4 heteroatoms. The maximum absolute atomic E-state index is 12.3. The molecule has 0 saturated heterocycles. The van der Waals surface area contributed by atoms with Crippen molar-refractivity contribution in [3.8, 4) is 0 Å². The molecule has 43 heavy (non-hydrogen) atoms. The summed E-state index contributed by atoms with van der Waals surface area (Å²) in [5, 5.41) is 0. The van der Waals surface area contributed by atoms with E-state index in [1.807, 2.05) is 41.5 Å². The first kappa shape index (κ1) is 30.0. The van der Waals surface area contributed by atoms with Gasteiger partial charge in [0.05, 0.1) is 5.41 Å². The molecule has 0 spiro atoms. The molecular weight excluding hydrogens is 532 g/mol. The summed E-state index contributed by atoms with van der Waals surface area (Å²) in [6, 6.07) is 25.7. The summed E-state index contributed by atoms with van der Waals surface area (Å²) in [5.41, 5.74) is 6.67.